The summed E-state index contributed by atoms with van der Waals surface area (Å²) in [6.07, 6.45) is 0.147. The van der Waals surface area contributed by atoms with E-state index >= 15 is 0 Å². The highest BCUT2D eigenvalue weighted by molar-refractivity contribution is 9.10. The molecule has 0 radical (unpaired) electrons. The third-order valence-corrected chi connectivity index (χ3v) is 3.52. The molecule has 2 N–H and O–H groups in total. The number of carbonyl (C=O) groups excluding carboxylic acids is 1. The maximum Gasteiger partial charge on any atom is 0.243 e. The number of halogens is 1. The smallest absolute Gasteiger partial charge is 0.243 e. The van der Waals surface area contributed by atoms with Gasteiger partial charge in [-0.25, -0.2) is 0 Å². The van der Waals surface area contributed by atoms with Gasteiger partial charge in [-0.15, -0.1) is 0 Å². The second-order valence-corrected chi connectivity index (χ2v) is 5.93. The molecule has 2 aromatic rings. The Morgan fingerprint density at radius 1 is 1.14 bits per heavy atom. The molecule has 0 spiro atoms. The van der Waals surface area contributed by atoms with E-state index in [4.69, 9.17) is 4.74 Å². The monoisotopic (exact) mass is 362 g/mol. The number of para-hydroxylation sites is 1. The van der Waals surface area contributed by atoms with E-state index in [2.05, 4.69) is 26.6 Å². The van der Waals surface area contributed by atoms with Gasteiger partial charge in [-0.05, 0) is 66.2 Å². The molecule has 22 heavy (non-hydrogen) atoms. The van der Waals surface area contributed by atoms with Gasteiger partial charge < -0.3 is 15.4 Å². The maximum atomic E-state index is 11.9. The fourth-order valence-corrected chi connectivity index (χ4v) is 2.25. The van der Waals surface area contributed by atoms with Crippen LogP contribution in [0.3, 0.4) is 0 Å². The van der Waals surface area contributed by atoms with Crippen molar-refractivity contribution in [3.8, 4) is 5.75 Å². The molecule has 2 rings (SSSR count). The van der Waals surface area contributed by atoms with E-state index in [-0.39, 0.29) is 18.6 Å². The molecule has 2 aromatic carbocycles. The van der Waals surface area contributed by atoms with Crippen LogP contribution in [-0.2, 0) is 4.79 Å². The number of benzene rings is 2. The Balaban J connectivity index is 1.85. The van der Waals surface area contributed by atoms with Gasteiger partial charge in [-0.3, -0.25) is 4.79 Å². The molecular weight excluding hydrogens is 344 g/mol. The van der Waals surface area contributed by atoms with Crippen molar-refractivity contribution in [2.24, 2.45) is 0 Å². The Kier molecular flexibility index (Phi) is 5.83. The Hall–Kier alpha value is -2.01. The second kappa shape index (κ2) is 7.84. The largest absolute Gasteiger partial charge is 0.491 e. The first kappa shape index (κ1) is 16.4. The number of rotatable bonds is 6. The lowest BCUT2D eigenvalue weighted by Gasteiger charge is -2.11. The molecule has 0 saturated heterocycles. The van der Waals surface area contributed by atoms with Crippen LogP contribution in [0.1, 0.15) is 13.8 Å². The quantitative estimate of drug-likeness (QED) is 0.805. The van der Waals surface area contributed by atoms with E-state index in [0.29, 0.717) is 0 Å². The Morgan fingerprint density at radius 2 is 1.82 bits per heavy atom. The van der Waals surface area contributed by atoms with Crippen LogP contribution in [0.5, 0.6) is 5.75 Å². The minimum absolute atomic E-state index is 0.102. The molecule has 0 aliphatic carbocycles. The number of hydrogen-bond acceptors (Lipinski definition) is 3. The third-order valence-electron chi connectivity index (χ3n) is 2.83. The number of amides is 1. The van der Waals surface area contributed by atoms with Crippen LogP contribution in [0.2, 0.25) is 0 Å². The summed E-state index contributed by atoms with van der Waals surface area (Å²) in [5.41, 5.74) is 1.63. The van der Waals surface area contributed by atoms with Gasteiger partial charge >= 0.3 is 0 Å². The first-order chi connectivity index (χ1) is 10.5. The lowest BCUT2D eigenvalue weighted by atomic mass is 10.3. The summed E-state index contributed by atoms with van der Waals surface area (Å²) in [5.74, 6) is 0.715. The molecule has 0 bridgehead atoms. The topological polar surface area (TPSA) is 50.4 Å². The van der Waals surface area contributed by atoms with Crippen molar-refractivity contribution in [2.45, 2.75) is 20.0 Å². The second-order valence-electron chi connectivity index (χ2n) is 5.07. The van der Waals surface area contributed by atoms with E-state index in [9.17, 15) is 4.79 Å². The van der Waals surface area contributed by atoms with Crippen molar-refractivity contribution in [3.63, 3.8) is 0 Å². The predicted molar refractivity (Wildman–Crippen MR) is 93.5 cm³/mol. The highest BCUT2D eigenvalue weighted by Gasteiger charge is 2.05. The Morgan fingerprint density at radius 3 is 2.45 bits per heavy atom. The summed E-state index contributed by atoms with van der Waals surface area (Å²) in [7, 11) is 0. The molecule has 0 aliphatic heterocycles. The van der Waals surface area contributed by atoms with E-state index in [1.807, 2.05) is 62.4 Å². The zero-order valence-corrected chi connectivity index (χ0v) is 14.2. The van der Waals surface area contributed by atoms with Crippen molar-refractivity contribution in [1.29, 1.82) is 0 Å². The van der Waals surface area contributed by atoms with Gasteiger partial charge in [-0.2, -0.15) is 0 Å². The zero-order chi connectivity index (χ0) is 15.9. The molecule has 0 saturated carbocycles. The summed E-state index contributed by atoms with van der Waals surface area (Å²) >= 11 is 3.40. The molecule has 1 amide bonds. The van der Waals surface area contributed by atoms with Crippen molar-refractivity contribution >= 4 is 33.2 Å². The van der Waals surface area contributed by atoms with E-state index in [1.165, 1.54) is 0 Å². The summed E-state index contributed by atoms with van der Waals surface area (Å²) in [5, 5.41) is 5.93. The molecule has 0 fully saturated rings. The van der Waals surface area contributed by atoms with Crippen molar-refractivity contribution in [2.75, 3.05) is 17.2 Å². The van der Waals surface area contributed by atoms with Gasteiger partial charge in [0.1, 0.15) is 5.75 Å². The van der Waals surface area contributed by atoms with Crippen molar-refractivity contribution in [3.05, 3.63) is 53.0 Å². The van der Waals surface area contributed by atoms with Crippen LogP contribution < -0.4 is 15.4 Å². The lowest BCUT2D eigenvalue weighted by Crippen LogP contribution is -2.21. The fraction of sp³-hybridized carbons (Fsp3) is 0.235. The van der Waals surface area contributed by atoms with Gasteiger partial charge in [0.25, 0.3) is 0 Å². The number of hydrogen-bond donors (Lipinski definition) is 2. The van der Waals surface area contributed by atoms with Crippen LogP contribution in [0.4, 0.5) is 11.4 Å². The molecular formula is C17H19BrN2O2. The van der Waals surface area contributed by atoms with E-state index in [0.717, 1.165) is 21.6 Å². The van der Waals surface area contributed by atoms with E-state index in [1.54, 1.807) is 0 Å². The normalized spacial score (nSPS) is 10.4. The highest BCUT2D eigenvalue weighted by Crippen LogP contribution is 2.21. The summed E-state index contributed by atoms with van der Waals surface area (Å²) in [6.45, 7) is 4.17. The number of anilines is 2. The SMILES string of the molecule is CC(C)Oc1ccc(NCC(=O)Nc2ccccc2Br)cc1. The molecule has 5 heteroatoms. The molecule has 0 atom stereocenters. The number of ether oxygens (including phenoxy) is 1. The minimum Gasteiger partial charge on any atom is -0.491 e. The van der Waals surface area contributed by atoms with Crippen molar-refractivity contribution < 1.29 is 9.53 Å². The molecule has 4 nitrogen and oxygen atoms in total. The highest BCUT2D eigenvalue weighted by atomic mass is 79.9. The van der Waals surface area contributed by atoms with Crippen LogP contribution in [0, 0.1) is 0 Å². The third kappa shape index (κ3) is 5.07. The van der Waals surface area contributed by atoms with Gasteiger partial charge in [-0.1, -0.05) is 12.1 Å². The Labute approximate surface area is 139 Å². The first-order valence-corrected chi connectivity index (χ1v) is 7.89. The molecule has 0 unspecified atom stereocenters. The molecule has 0 aliphatic rings. The van der Waals surface area contributed by atoms with Gasteiger partial charge in [0.05, 0.1) is 18.3 Å². The molecule has 0 heterocycles. The maximum absolute atomic E-state index is 11.9. The van der Waals surface area contributed by atoms with Crippen LogP contribution in [0.15, 0.2) is 53.0 Å². The van der Waals surface area contributed by atoms with Gasteiger partial charge in [0.15, 0.2) is 0 Å². The average Bonchev–Trinajstić information content (AvgIpc) is 2.48. The average molecular weight is 363 g/mol. The van der Waals surface area contributed by atoms with Gasteiger partial charge in [0, 0.05) is 10.2 Å². The van der Waals surface area contributed by atoms with Crippen LogP contribution in [0.25, 0.3) is 0 Å². The number of carbonyl (C=O) groups is 1. The predicted octanol–water partition coefficient (Wildman–Crippen LogP) is 4.29. The van der Waals surface area contributed by atoms with Gasteiger partial charge in [0.2, 0.25) is 5.91 Å². The fourth-order valence-electron chi connectivity index (χ4n) is 1.86. The first-order valence-electron chi connectivity index (χ1n) is 7.09. The van der Waals surface area contributed by atoms with Crippen molar-refractivity contribution in [1.82, 2.24) is 0 Å². The summed E-state index contributed by atoms with van der Waals surface area (Å²) < 4.78 is 6.43. The van der Waals surface area contributed by atoms with E-state index < -0.39 is 0 Å². The summed E-state index contributed by atoms with van der Waals surface area (Å²) in [6, 6.07) is 15.1. The standard InChI is InChI=1S/C17H19BrN2O2/c1-12(2)22-14-9-7-13(8-10-14)19-11-17(21)20-16-6-4-3-5-15(16)18/h3-10,12,19H,11H2,1-2H3,(H,20,21). The molecule has 0 aromatic heterocycles. The minimum atomic E-state index is -0.102. The Bertz CT molecular complexity index is 627. The molecule has 116 valence electrons. The van der Waals surface area contributed by atoms with Crippen LogP contribution in [-0.4, -0.2) is 18.6 Å². The summed E-state index contributed by atoms with van der Waals surface area (Å²) in [4.78, 5) is 11.9. The number of nitrogens with one attached hydrogen (secondary N) is 2. The zero-order valence-electron chi connectivity index (χ0n) is 12.6. The lowest BCUT2D eigenvalue weighted by molar-refractivity contribution is -0.114. The van der Waals surface area contributed by atoms with Crippen LogP contribution >= 0.6 is 15.9 Å².